The van der Waals surface area contributed by atoms with Crippen molar-refractivity contribution in [3.8, 4) is 0 Å². The fourth-order valence-corrected chi connectivity index (χ4v) is 0.935. The number of hydrogen-bond acceptors (Lipinski definition) is 4. The number of Topliss-reactive ketones (excluding diaryl/α,β-unsaturated/α-hetero) is 1. The van der Waals surface area contributed by atoms with E-state index in [2.05, 4.69) is 11.3 Å². The van der Waals surface area contributed by atoms with Gasteiger partial charge < -0.3 is 9.15 Å². The highest BCUT2D eigenvalue weighted by Crippen LogP contribution is 2.09. The Morgan fingerprint density at radius 1 is 1.57 bits per heavy atom. The second kappa shape index (κ2) is 4.41. The Morgan fingerprint density at radius 3 is 2.79 bits per heavy atom. The molecule has 1 rings (SSSR count). The van der Waals surface area contributed by atoms with E-state index < -0.39 is 5.97 Å². The van der Waals surface area contributed by atoms with E-state index >= 15 is 0 Å². The molecule has 1 aromatic heterocycles. The molecule has 0 N–H and O–H groups in total. The summed E-state index contributed by atoms with van der Waals surface area (Å²) in [5.41, 5.74) is 0.119. The van der Waals surface area contributed by atoms with Crippen molar-refractivity contribution >= 4 is 11.8 Å². The molecular weight excluding hydrogens is 184 g/mol. The van der Waals surface area contributed by atoms with E-state index in [4.69, 9.17) is 4.42 Å². The number of ether oxygens (including phenoxy) is 1. The summed E-state index contributed by atoms with van der Waals surface area (Å²) in [5.74, 6) is -0.648. The fourth-order valence-electron chi connectivity index (χ4n) is 0.935. The molecule has 74 valence electrons. The molecule has 0 saturated carbocycles. The topological polar surface area (TPSA) is 56.5 Å². The van der Waals surface area contributed by atoms with Gasteiger partial charge in [0.25, 0.3) is 0 Å². The predicted molar refractivity (Wildman–Crippen MR) is 48.8 cm³/mol. The highest BCUT2D eigenvalue weighted by molar-refractivity contribution is 6.01. The minimum atomic E-state index is -0.579. The van der Waals surface area contributed by atoms with Crippen molar-refractivity contribution in [3.05, 3.63) is 36.3 Å². The van der Waals surface area contributed by atoms with Gasteiger partial charge in [-0.15, -0.1) is 0 Å². The van der Waals surface area contributed by atoms with Gasteiger partial charge in [0.05, 0.1) is 13.4 Å². The molecule has 0 aliphatic carbocycles. The molecule has 0 spiro atoms. The van der Waals surface area contributed by atoms with Crippen LogP contribution in [0.4, 0.5) is 0 Å². The van der Waals surface area contributed by atoms with E-state index in [9.17, 15) is 9.59 Å². The Kier molecular flexibility index (Phi) is 3.23. The van der Waals surface area contributed by atoms with Crippen LogP contribution in [0.15, 0.2) is 35.0 Å². The van der Waals surface area contributed by atoms with Crippen LogP contribution in [0.25, 0.3) is 0 Å². The van der Waals surface area contributed by atoms with E-state index in [-0.39, 0.29) is 23.5 Å². The maximum atomic E-state index is 11.4. The third-order valence-electron chi connectivity index (χ3n) is 1.64. The maximum Gasteiger partial charge on any atom is 0.333 e. The summed E-state index contributed by atoms with van der Waals surface area (Å²) < 4.78 is 9.28. The zero-order chi connectivity index (χ0) is 10.6. The molecule has 0 radical (unpaired) electrons. The molecular formula is C10H10O4. The summed E-state index contributed by atoms with van der Waals surface area (Å²) in [6, 6.07) is 3.14. The summed E-state index contributed by atoms with van der Waals surface area (Å²) >= 11 is 0. The molecule has 4 heteroatoms. The molecule has 0 saturated heterocycles. The van der Waals surface area contributed by atoms with Crippen molar-refractivity contribution in [2.45, 2.75) is 6.42 Å². The Bertz CT molecular complexity index is 348. The average Bonchev–Trinajstić information content (AvgIpc) is 2.69. The Labute approximate surface area is 81.2 Å². The minimum Gasteiger partial charge on any atom is -0.466 e. The van der Waals surface area contributed by atoms with Gasteiger partial charge in [0, 0.05) is 12.0 Å². The third kappa shape index (κ3) is 2.32. The SMILES string of the molecule is C=C(CC(=O)c1ccco1)C(=O)OC. The maximum absolute atomic E-state index is 11.4. The van der Waals surface area contributed by atoms with Gasteiger partial charge in [-0.3, -0.25) is 4.79 Å². The van der Waals surface area contributed by atoms with Crippen LogP contribution in [-0.2, 0) is 9.53 Å². The summed E-state index contributed by atoms with van der Waals surface area (Å²) in [7, 11) is 1.24. The number of methoxy groups -OCH3 is 1. The van der Waals surface area contributed by atoms with E-state index in [1.165, 1.54) is 19.4 Å². The standard InChI is InChI=1S/C10H10O4/c1-7(10(12)13-2)6-8(11)9-4-3-5-14-9/h3-5H,1,6H2,2H3. The van der Waals surface area contributed by atoms with E-state index in [1.807, 2.05) is 0 Å². The first-order valence-corrected chi connectivity index (χ1v) is 3.98. The summed E-state index contributed by atoms with van der Waals surface area (Å²) in [6.45, 7) is 3.44. The zero-order valence-corrected chi connectivity index (χ0v) is 7.78. The van der Waals surface area contributed by atoms with Gasteiger partial charge in [0.1, 0.15) is 0 Å². The van der Waals surface area contributed by atoms with E-state index in [0.29, 0.717) is 0 Å². The largest absolute Gasteiger partial charge is 0.466 e. The average molecular weight is 194 g/mol. The molecule has 0 aromatic carbocycles. The van der Waals surface area contributed by atoms with Crippen LogP contribution in [0.5, 0.6) is 0 Å². The van der Waals surface area contributed by atoms with Gasteiger partial charge in [-0.25, -0.2) is 4.79 Å². The molecule has 0 fully saturated rings. The third-order valence-corrected chi connectivity index (χ3v) is 1.64. The van der Waals surface area contributed by atoms with Gasteiger partial charge in [-0.05, 0) is 12.1 Å². The Hall–Kier alpha value is -1.84. The smallest absolute Gasteiger partial charge is 0.333 e. The lowest BCUT2D eigenvalue weighted by molar-refractivity contribution is -0.136. The highest BCUT2D eigenvalue weighted by Gasteiger charge is 2.15. The predicted octanol–water partition coefficient (Wildman–Crippen LogP) is 1.58. The molecule has 0 unspecified atom stereocenters. The van der Waals surface area contributed by atoms with Crippen molar-refractivity contribution in [2.24, 2.45) is 0 Å². The lowest BCUT2D eigenvalue weighted by Gasteiger charge is -2.00. The van der Waals surface area contributed by atoms with Crippen LogP contribution >= 0.6 is 0 Å². The number of rotatable bonds is 4. The fraction of sp³-hybridized carbons (Fsp3) is 0.200. The van der Waals surface area contributed by atoms with Crippen LogP contribution < -0.4 is 0 Å². The highest BCUT2D eigenvalue weighted by atomic mass is 16.5. The van der Waals surface area contributed by atoms with Crippen molar-refractivity contribution in [1.29, 1.82) is 0 Å². The molecule has 0 bridgehead atoms. The molecule has 0 atom stereocenters. The summed E-state index contributed by atoms with van der Waals surface area (Å²) in [6.07, 6.45) is 1.31. The number of carbonyl (C=O) groups excluding carboxylic acids is 2. The van der Waals surface area contributed by atoms with Crippen LogP contribution in [0.2, 0.25) is 0 Å². The van der Waals surface area contributed by atoms with Crippen molar-refractivity contribution in [3.63, 3.8) is 0 Å². The van der Waals surface area contributed by atoms with Gasteiger partial charge in [-0.2, -0.15) is 0 Å². The number of ketones is 1. The monoisotopic (exact) mass is 194 g/mol. The summed E-state index contributed by atoms with van der Waals surface area (Å²) in [5, 5.41) is 0. The second-order valence-electron chi connectivity index (χ2n) is 2.67. The number of esters is 1. The second-order valence-corrected chi connectivity index (χ2v) is 2.67. The van der Waals surface area contributed by atoms with Crippen LogP contribution in [0.1, 0.15) is 17.0 Å². The normalized spacial score (nSPS) is 9.50. The minimum absolute atomic E-state index is 0.0831. The molecule has 14 heavy (non-hydrogen) atoms. The first-order valence-electron chi connectivity index (χ1n) is 3.98. The lowest BCUT2D eigenvalue weighted by Crippen LogP contribution is -2.08. The van der Waals surface area contributed by atoms with Gasteiger partial charge in [0.15, 0.2) is 5.76 Å². The quantitative estimate of drug-likeness (QED) is 0.415. The molecule has 0 aliphatic heterocycles. The van der Waals surface area contributed by atoms with E-state index in [1.54, 1.807) is 6.07 Å². The van der Waals surface area contributed by atoms with Crippen molar-refractivity contribution in [2.75, 3.05) is 7.11 Å². The van der Waals surface area contributed by atoms with Gasteiger partial charge in [-0.1, -0.05) is 6.58 Å². The van der Waals surface area contributed by atoms with Crippen molar-refractivity contribution < 1.29 is 18.7 Å². The first kappa shape index (κ1) is 10.2. The molecule has 4 nitrogen and oxygen atoms in total. The van der Waals surface area contributed by atoms with Crippen LogP contribution in [0, 0.1) is 0 Å². The first-order chi connectivity index (χ1) is 6.65. The Balaban J connectivity index is 2.58. The van der Waals surface area contributed by atoms with Gasteiger partial charge >= 0.3 is 5.97 Å². The Morgan fingerprint density at radius 2 is 2.29 bits per heavy atom. The lowest BCUT2D eigenvalue weighted by atomic mass is 10.1. The summed E-state index contributed by atoms with van der Waals surface area (Å²) in [4.78, 5) is 22.3. The molecule has 0 amide bonds. The van der Waals surface area contributed by atoms with Crippen LogP contribution in [-0.4, -0.2) is 18.9 Å². The molecule has 1 aromatic rings. The van der Waals surface area contributed by atoms with Crippen molar-refractivity contribution in [1.82, 2.24) is 0 Å². The zero-order valence-electron chi connectivity index (χ0n) is 7.78. The number of furan rings is 1. The number of carbonyl (C=O) groups is 2. The molecule has 1 heterocycles. The van der Waals surface area contributed by atoms with Gasteiger partial charge in [0.2, 0.25) is 5.78 Å². The molecule has 0 aliphatic rings. The van der Waals surface area contributed by atoms with E-state index in [0.717, 1.165) is 0 Å². The number of hydrogen-bond donors (Lipinski definition) is 0. The van der Waals surface area contributed by atoms with Crippen LogP contribution in [0.3, 0.4) is 0 Å².